The highest BCUT2D eigenvalue weighted by Gasteiger charge is 2.37. The Bertz CT molecular complexity index is 895. The second-order valence-corrected chi connectivity index (χ2v) is 8.09. The molecule has 1 amide bonds. The summed E-state index contributed by atoms with van der Waals surface area (Å²) in [6.07, 6.45) is 4.61. The molecule has 1 saturated heterocycles. The van der Waals surface area contributed by atoms with Gasteiger partial charge in [-0.3, -0.25) is 9.69 Å². The normalized spacial score (nSPS) is 17.8. The Hall–Kier alpha value is -2.80. The highest BCUT2D eigenvalue weighted by Crippen LogP contribution is 2.32. The van der Waals surface area contributed by atoms with Gasteiger partial charge in [0.15, 0.2) is 5.17 Å². The Morgan fingerprint density at radius 3 is 2.27 bits per heavy atom. The fraction of sp³-hybridized carbons (Fsp3) is 0.348. The first kappa shape index (κ1) is 21.9. The van der Waals surface area contributed by atoms with Crippen molar-refractivity contribution in [3.63, 3.8) is 0 Å². The SMILES string of the molecule is CCCC[C@@H]1S/C(=N/N=C\c2ccc(OC)cc2)N(Cc2ccc(OC)cc2)C1=O. The Morgan fingerprint density at radius 1 is 1.03 bits per heavy atom. The van der Waals surface area contributed by atoms with E-state index in [0.29, 0.717) is 11.7 Å². The Balaban J connectivity index is 1.77. The van der Waals surface area contributed by atoms with Crippen LogP contribution in [0.3, 0.4) is 0 Å². The molecule has 0 spiro atoms. The fourth-order valence-corrected chi connectivity index (χ4v) is 4.20. The van der Waals surface area contributed by atoms with Crippen LogP contribution in [0.25, 0.3) is 0 Å². The smallest absolute Gasteiger partial charge is 0.242 e. The minimum Gasteiger partial charge on any atom is -0.497 e. The van der Waals surface area contributed by atoms with E-state index in [1.54, 1.807) is 25.3 Å². The highest BCUT2D eigenvalue weighted by molar-refractivity contribution is 8.15. The van der Waals surface area contributed by atoms with E-state index in [0.717, 1.165) is 41.9 Å². The maximum atomic E-state index is 13.0. The number of amides is 1. The Kier molecular flexibility index (Phi) is 7.90. The van der Waals surface area contributed by atoms with Crippen LogP contribution in [-0.4, -0.2) is 41.7 Å². The van der Waals surface area contributed by atoms with Crippen LogP contribution in [0.2, 0.25) is 0 Å². The van der Waals surface area contributed by atoms with Gasteiger partial charge < -0.3 is 9.47 Å². The van der Waals surface area contributed by atoms with Crippen LogP contribution in [0.5, 0.6) is 11.5 Å². The predicted molar refractivity (Wildman–Crippen MR) is 122 cm³/mol. The van der Waals surface area contributed by atoms with Gasteiger partial charge in [0, 0.05) is 0 Å². The van der Waals surface area contributed by atoms with E-state index in [1.165, 1.54) is 11.8 Å². The summed E-state index contributed by atoms with van der Waals surface area (Å²) in [5, 5.41) is 9.16. The summed E-state index contributed by atoms with van der Waals surface area (Å²) in [4.78, 5) is 14.7. The van der Waals surface area contributed by atoms with Crippen LogP contribution in [0.1, 0.15) is 37.3 Å². The lowest BCUT2D eigenvalue weighted by Gasteiger charge is -2.16. The molecule has 1 aliphatic rings. The zero-order valence-corrected chi connectivity index (χ0v) is 18.4. The van der Waals surface area contributed by atoms with Crippen LogP contribution in [-0.2, 0) is 11.3 Å². The minimum absolute atomic E-state index is 0.0989. The van der Waals surface area contributed by atoms with Crippen molar-refractivity contribution in [3.05, 3.63) is 59.7 Å². The Labute approximate surface area is 182 Å². The lowest BCUT2D eigenvalue weighted by molar-refractivity contribution is -0.126. The molecule has 6 nitrogen and oxygen atoms in total. The molecule has 2 aromatic carbocycles. The van der Waals surface area contributed by atoms with Crippen LogP contribution in [0, 0.1) is 0 Å². The average molecular weight is 426 g/mol. The monoisotopic (exact) mass is 425 g/mol. The largest absolute Gasteiger partial charge is 0.497 e. The molecule has 0 aromatic heterocycles. The molecule has 0 bridgehead atoms. The fourth-order valence-electron chi connectivity index (χ4n) is 3.05. The van der Waals surface area contributed by atoms with Gasteiger partial charge in [-0.2, -0.15) is 5.10 Å². The number of methoxy groups -OCH3 is 2. The third-order valence-corrected chi connectivity index (χ3v) is 6.04. The van der Waals surface area contributed by atoms with Gasteiger partial charge in [-0.05, 0) is 53.9 Å². The number of unbranched alkanes of at least 4 members (excludes halogenated alkanes) is 1. The van der Waals surface area contributed by atoms with Gasteiger partial charge in [0.25, 0.3) is 0 Å². The molecule has 3 rings (SSSR count). The van der Waals surface area contributed by atoms with Gasteiger partial charge in [0.2, 0.25) is 5.91 Å². The standard InChI is InChI=1S/C23H27N3O3S/c1-4-5-6-21-22(27)26(16-18-9-13-20(29-3)14-10-18)23(30-21)25-24-15-17-7-11-19(28-2)12-8-17/h7-15,21H,4-6,16H2,1-3H3/b24-15-,25-23+/t21-/m0/s1. The molecule has 30 heavy (non-hydrogen) atoms. The van der Waals surface area contributed by atoms with Crippen molar-refractivity contribution in [2.75, 3.05) is 14.2 Å². The van der Waals surface area contributed by atoms with Gasteiger partial charge in [0.1, 0.15) is 11.5 Å². The van der Waals surface area contributed by atoms with Crippen molar-refractivity contribution in [3.8, 4) is 11.5 Å². The quantitative estimate of drug-likeness (QED) is 0.430. The van der Waals surface area contributed by atoms with Gasteiger partial charge in [-0.25, -0.2) is 0 Å². The van der Waals surface area contributed by atoms with Gasteiger partial charge in [-0.1, -0.05) is 43.7 Å². The average Bonchev–Trinajstić information content (AvgIpc) is 3.07. The topological polar surface area (TPSA) is 63.5 Å². The van der Waals surface area contributed by atoms with Crippen molar-refractivity contribution < 1.29 is 14.3 Å². The van der Waals surface area contributed by atoms with Crippen LogP contribution in [0.15, 0.2) is 58.7 Å². The number of benzene rings is 2. The number of thioether (sulfide) groups is 1. The summed E-state index contributed by atoms with van der Waals surface area (Å²) in [5.74, 6) is 1.68. The van der Waals surface area contributed by atoms with Gasteiger partial charge in [0.05, 0.1) is 32.2 Å². The molecule has 7 heteroatoms. The summed E-state index contributed by atoms with van der Waals surface area (Å²) in [5.41, 5.74) is 1.94. The van der Waals surface area contributed by atoms with Crippen LogP contribution >= 0.6 is 11.8 Å². The van der Waals surface area contributed by atoms with E-state index >= 15 is 0 Å². The first-order valence-corrected chi connectivity index (χ1v) is 10.9. The van der Waals surface area contributed by atoms with E-state index in [2.05, 4.69) is 17.1 Å². The van der Waals surface area contributed by atoms with Crippen molar-refractivity contribution in [2.24, 2.45) is 10.2 Å². The number of carbonyl (C=O) groups is 1. The maximum Gasteiger partial charge on any atom is 0.242 e. The lowest BCUT2D eigenvalue weighted by Crippen LogP contribution is -2.31. The van der Waals surface area contributed by atoms with Gasteiger partial charge in [-0.15, -0.1) is 5.10 Å². The molecule has 1 fully saturated rings. The molecule has 0 aliphatic carbocycles. The van der Waals surface area contributed by atoms with Gasteiger partial charge >= 0.3 is 0 Å². The van der Waals surface area contributed by atoms with Crippen LogP contribution in [0.4, 0.5) is 0 Å². The molecular formula is C23H27N3O3S. The van der Waals surface area contributed by atoms with E-state index in [9.17, 15) is 4.79 Å². The molecular weight excluding hydrogens is 398 g/mol. The van der Waals surface area contributed by atoms with Crippen molar-refractivity contribution in [1.82, 2.24) is 4.90 Å². The Morgan fingerprint density at radius 2 is 1.67 bits per heavy atom. The first-order valence-electron chi connectivity index (χ1n) is 10.0. The molecule has 1 atom stereocenters. The second-order valence-electron chi connectivity index (χ2n) is 6.92. The number of hydrogen-bond donors (Lipinski definition) is 0. The van der Waals surface area contributed by atoms with E-state index < -0.39 is 0 Å². The number of amidine groups is 1. The summed E-state index contributed by atoms with van der Waals surface area (Å²) in [6, 6.07) is 15.3. The number of hydrogen-bond acceptors (Lipinski definition) is 6. The third-order valence-electron chi connectivity index (χ3n) is 4.81. The summed E-state index contributed by atoms with van der Waals surface area (Å²) in [7, 11) is 3.27. The zero-order valence-electron chi connectivity index (χ0n) is 17.6. The molecule has 0 saturated carbocycles. The third kappa shape index (κ3) is 5.63. The minimum atomic E-state index is -0.0989. The lowest BCUT2D eigenvalue weighted by atomic mass is 10.1. The predicted octanol–water partition coefficient (Wildman–Crippen LogP) is 4.73. The van der Waals surface area contributed by atoms with Crippen LogP contribution < -0.4 is 9.47 Å². The van der Waals surface area contributed by atoms with E-state index in [1.807, 2.05) is 48.5 Å². The summed E-state index contributed by atoms with van der Waals surface area (Å²) < 4.78 is 10.4. The summed E-state index contributed by atoms with van der Waals surface area (Å²) >= 11 is 1.50. The van der Waals surface area contributed by atoms with E-state index in [4.69, 9.17) is 9.47 Å². The highest BCUT2D eigenvalue weighted by atomic mass is 32.2. The van der Waals surface area contributed by atoms with Crippen molar-refractivity contribution in [1.29, 1.82) is 0 Å². The van der Waals surface area contributed by atoms with Crippen molar-refractivity contribution >= 4 is 29.1 Å². The summed E-state index contributed by atoms with van der Waals surface area (Å²) in [6.45, 7) is 2.60. The number of nitrogens with zero attached hydrogens (tertiary/aromatic N) is 3. The molecule has 2 aromatic rings. The van der Waals surface area contributed by atoms with E-state index in [-0.39, 0.29) is 11.2 Å². The number of ether oxygens (including phenoxy) is 2. The molecule has 158 valence electrons. The molecule has 1 heterocycles. The molecule has 0 N–H and O–H groups in total. The number of rotatable bonds is 9. The molecule has 0 radical (unpaired) electrons. The van der Waals surface area contributed by atoms with Crippen molar-refractivity contribution in [2.45, 2.75) is 38.0 Å². The maximum absolute atomic E-state index is 13.0. The first-order chi connectivity index (χ1) is 14.6. The molecule has 1 aliphatic heterocycles. The number of carbonyl (C=O) groups excluding carboxylic acids is 1. The second kappa shape index (κ2) is 10.8. The zero-order chi connectivity index (χ0) is 21.3. The molecule has 0 unspecified atom stereocenters.